The summed E-state index contributed by atoms with van der Waals surface area (Å²) in [4.78, 5) is 34.6. The molecule has 12 nitrogen and oxygen atoms in total. The van der Waals surface area contributed by atoms with Gasteiger partial charge in [-0.05, 0) is 0 Å². The van der Waals surface area contributed by atoms with Crippen LogP contribution in [0.15, 0.2) is 12.7 Å². The van der Waals surface area contributed by atoms with E-state index >= 15 is 0 Å². The number of ether oxygens (including phenoxy) is 1. The number of carbonyl (C=O) groups is 2. The quantitative estimate of drug-likeness (QED) is 0.378. The Morgan fingerprint density at radius 1 is 1.19 bits per heavy atom. The van der Waals surface area contributed by atoms with E-state index in [1.807, 2.05) is 0 Å². The molecule has 0 radical (unpaired) electrons. The Morgan fingerprint density at radius 3 is 2.59 bits per heavy atom. The van der Waals surface area contributed by atoms with Crippen LogP contribution in [0.1, 0.15) is 19.1 Å². The molecule has 27 heavy (non-hydrogen) atoms. The van der Waals surface area contributed by atoms with E-state index in [-0.39, 0.29) is 43.0 Å². The third kappa shape index (κ3) is 3.73. The Hall–Kier alpha value is -2.67. The maximum atomic E-state index is 11.8. The second-order valence-corrected chi connectivity index (χ2v) is 6.07. The number of amides is 1. The first kappa shape index (κ1) is 19.1. The first-order valence-electron chi connectivity index (χ1n) is 8.20. The number of hydrogen-bond donors (Lipinski definition) is 5. The van der Waals surface area contributed by atoms with Crippen molar-refractivity contribution < 1.29 is 34.8 Å². The van der Waals surface area contributed by atoms with E-state index in [4.69, 9.17) is 9.84 Å². The zero-order valence-corrected chi connectivity index (χ0v) is 14.1. The summed E-state index contributed by atoms with van der Waals surface area (Å²) in [6.07, 6.45) is -0.799. The van der Waals surface area contributed by atoms with Gasteiger partial charge in [-0.1, -0.05) is 0 Å². The number of carboxylic acids is 1. The molecule has 0 saturated carbocycles. The number of anilines is 1. The van der Waals surface area contributed by atoms with Gasteiger partial charge in [0.1, 0.15) is 12.4 Å². The molecule has 1 saturated heterocycles. The molecule has 0 aliphatic carbocycles. The molecule has 0 spiro atoms. The standard InChI is InChI=1S/C15H19N5O7/c21-3-7-8(4-22)27-15(12(7)26)20-6-18-11-13(16-5-17-14(11)20)19-9(23)1-2-10(24)25/h5-8,12,15,21-22,26H,1-4H2,(H,24,25)(H,16,17,19,23). The highest BCUT2D eigenvalue weighted by Crippen LogP contribution is 2.35. The summed E-state index contributed by atoms with van der Waals surface area (Å²) >= 11 is 0. The van der Waals surface area contributed by atoms with E-state index in [1.165, 1.54) is 17.2 Å². The average molecular weight is 381 g/mol. The Labute approximate surface area is 152 Å². The highest BCUT2D eigenvalue weighted by atomic mass is 16.5. The number of aliphatic hydroxyl groups excluding tert-OH is 3. The molecule has 1 amide bonds. The van der Waals surface area contributed by atoms with E-state index in [9.17, 15) is 24.9 Å². The Bertz CT molecular complexity index is 841. The number of aliphatic hydroxyl groups is 3. The minimum absolute atomic E-state index is 0.0963. The largest absolute Gasteiger partial charge is 0.481 e. The van der Waals surface area contributed by atoms with Crippen molar-refractivity contribution in [3.63, 3.8) is 0 Å². The van der Waals surface area contributed by atoms with Crippen molar-refractivity contribution in [2.75, 3.05) is 18.5 Å². The van der Waals surface area contributed by atoms with Crippen LogP contribution in [-0.2, 0) is 14.3 Å². The number of rotatable bonds is 7. The highest BCUT2D eigenvalue weighted by molar-refractivity contribution is 5.97. The number of carbonyl (C=O) groups excluding carboxylic acids is 1. The van der Waals surface area contributed by atoms with Crippen LogP contribution in [0.2, 0.25) is 0 Å². The molecular weight excluding hydrogens is 362 g/mol. The molecule has 0 aromatic carbocycles. The SMILES string of the molecule is O=C(O)CCC(=O)Nc1ncnc2c1ncn2C1OC(CO)C(CO)C1O. The van der Waals surface area contributed by atoms with Gasteiger partial charge in [-0.25, -0.2) is 15.0 Å². The van der Waals surface area contributed by atoms with E-state index in [2.05, 4.69) is 20.3 Å². The highest BCUT2D eigenvalue weighted by Gasteiger charge is 2.44. The monoisotopic (exact) mass is 381 g/mol. The van der Waals surface area contributed by atoms with Gasteiger partial charge in [0.2, 0.25) is 5.91 Å². The zero-order chi connectivity index (χ0) is 19.6. The van der Waals surface area contributed by atoms with Crippen LogP contribution in [0.25, 0.3) is 11.2 Å². The van der Waals surface area contributed by atoms with Gasteiger partial charge in [-0.3, -0.25) is 14.2 Å². The molecule has 146 valence electrons. The number of nitrogens with zero attached hydrogens (tertiary/aromatic N) is 4. The number of imidazole rings is 1. The van der Waals surface area contributed by atoms with Crippen molar-refractivity contribution in [1.29, 1.82) is 0 Å². The van der Waals surface area contributed by atoms with Crippen LogP contribution in [0.5, 0.6) is 0 Å². The molecular formula is C15H19N5O7. The predicted molar refractivity (Wildman–Crippen MR) is 88.4 cm³/mol. The summed E-state index contributed by atoms with van der Waals surface area (Å²) in [5, 5.41) is 40.3. The van der Waals surface area contributed by atoms with Gasteiger partial charge in [0.05, 0.1) is 32.1 Å². The van der Waals surface area contributed by atoms with Crippen LogP contribution in [0.4, 0.5) is 5.82 Å². The van der Waals surface area contributed by atoms with Gasteiger partial charge < -0.3 is 30.5 Å². The summed E-state index contributed by atoms with van der Waals surface area (Å²) in [6.45, 7) is -0.735. The second kappa shape index (κ2) is 7.92. The third-order valence-electron chi connectivity index (χ3n) is 4.37. The number of nitrogens with one attached hydrogen (secondary N) is 1. The van der Waals surface area contributed by atoms with Crippen molar-refractivity contribution in [2.45, 2.75) is 31.3 Å². The summed E-state index contributed by atoms with van der Waals surface area (Å²) in [6, 6.07) is 0. The maximum Gasteiger partial charge on any atom is 0.303 e. The zero-order valence-electron chi connectivity index (χ0n) is 14.1. The van der Waals surface area contributed by atoms with Gasteiger partial charge in [0, 0.05) is 12.3 Å². The molecule has 1 aliphatic rings. The summed E-state index contributed by atoms with van der Waals surface area (Å²) < 4.78 is 7.04. The molecule has 3 heterocycles. The normalized spacial score (nSPS) is 25.0. The fraction of sp³-hybridized carbons (Fsp3) is 0.533. The Kier molecular flexibility index (Phi) is 5.60. The molecule has 4 atom stereocenters. The van der Waals surface area contributed by atoms with Gasteiger partial charge >= 0.3 is 5.97 Å². The molecule has 2 aromatic heterocycles. The third-order valence-corrected chi connectivity index (χ3v) is 4.37. The van der Waals surface area contributed by atoms with E-state index in [0.717, 1.165) is 0 Å². The van der Waals surface area contributed by atoms with Crippen molar-refractivity contribution in [1.82, 2.24) is 19.5 Å². The molecule has 4 unspecified atom stereocenters. The number of hydrogen-bond acceptors (Lipinski definition) is 9. The van der Waals surface area contributed by atoms with Crippen molar-refractivity contribution in [3.05, 3.63) is 12.7 Å². The first-order chi connectivity index (χ1) is 13.0. The van der Waals surface area contributed by atoms with Crippen molar-refractivity contribution >= 4 is 28.9 Å². The van der Waals surface area contributed by atoms with Crippen molar-refractivity contribution in [3.8, 4) is 0 Å². The lowest BCUT2D eigenvalue weighted by molar-refractivity contribution is -0.138. The topological polar surface area (TPSA) is 180 Å². The second-order valence-electron chi connectivity index (χ2n) is 6.07. The maximum absolute atomic E-state index is 11.8. The average Bonchev–Trinajstić information content (AvgIpc) is 3.21. The molecule has 2 aromatic rings. The lowest BCUT2D eigenvalue weighted by Gasteiger charge is -2.17. The summed E-state index contributed by atoms with van der Waals surface area (Å²) in [5.41, 5.74) is 0.489. The van der Waals surface area contributed by atoms with E-state index in [1.54, 1.807) is 0 Å². The number of aliphatic carboxylic acids is 1. The van der Waals surface area contributed by atoms with Crippen LogP contribution >= 0.6 is 0 Å². The number of carboxylic acid groups (broad SMARTS) is 1. The molecule has 5 N–H and O–H groups in total. The van der Waals surface area contributed by atoms with Gasteiger partial charge in [0.15, 0.2) is 23.2 Å². The van der Waals surface area contributed by atoms with Gasteiger partial charge in [-0.15, -0.1) is 0 Å². The van der Waals surface area contributed by atoms with Crippen LogP contribution in [-0.4, -0.2) is 77.2 Å². The van der Waals surface area contributed by atoms with Crippen LogP contribution in [0, 0.1) is 5.92 Å². The van der Waals surface area contributed by atoms with Gasteiger partial charge in [-0.2, -0.15) is 0 Å². The van der Waals surface area contributed by atoms with Crippen LogP contribution in [0.3, 0.4) is 0 Å². The lowest BCUT2D eigenvalue weighted by atomic mass is 9.99. The lowest BCUT2D eigenvalue weighted by Crippen LogP contribution is -2.30. The molecule has 1 fully saturated rings. The van der Waals surface area contributed by atoms with Crippen molar-refractivity contribution in [2.24, 2.45) is 5.92 Å². The minimum atomic E-state index is -1.10. The van der Waals surface area contributed by atoms with E-state index in [0.29, 0.717) is 0 Å². The number of aromatic nitrogens is 4. The van der Waals surface area contributed by atoms with Gasteiger partial charge in [0.25, 0.3) is 0 Å². The molecule has 12 heteroatoms. The van der Waals surface area contributed by atoms with Crippen LogP contribution < -0.4 is 5.32 Å². The Balaban J connectivity index is 1.85. The summed E-state index contributed by atoms with van der Waals surface area (Å²) in [5.74, 6) is -2.20. The molecule has 0 bridgehead atoms. The Morgan fingerprint density at radius 2 is 1.96 bits per heavy atom. The smallest absolute Gasteiger partial charge is 0.303 e. The fourth-order valence-electron chi connectivity index (χ4n) is 2.97. The van der Waals surface area contributed by atoms with E-state index < -0.39 is 36.2 Å². The molecule has 1 aliphatic heterocycles. The predicted octanol–water partition coefficient (Wildman–Crippen LogP) is -1.51. The fourth-order valence-corrected chi connectivity index (χ4v) is 2.97. The first-order valence-corrected chi connectivity index (χ1v) is 8.20. The summed E-state index contributed by atoms with van der Waals surface area (Å²) in [7, 11) is 0. The molecule has 3 rings (SSSR count). The minimum Gasteiger partial charge on any atom is -0.481 e. The number of fused-ring (bicyclic) bond motifs is 1.